The number of anilines is 1. The van der Waals surface area contributed by atoms with Gasteiger partial charge in [0.15, 0.2) is 0 Å². The molecule has 3 rings (SSSR count). The van der Waals surface area contributed by atoms with E-state index in [1.165, 1.54) is 10.4 Å². The third-order valence-corrected chi connectivity index (χ3v) is 5.07. The zero-order valence-corrected chi connectivity index (χ0v) is 13.0. The van der Waals surface area contributed by atoms with Crippen molar-refractivity contribution in [3.63, 3.8) is 0 Å². The lowest BCUT2D eigenvalue weighted by molar-refractivity contribution is 0.632. The second kappa shape index (κ2) is 4.99. The van der Waals surface area contributed by atoms with Crippen LogP contribution in [-0.2, 0) is 6.42 Å². The van der Waals surface area contributed by atoms with Crippen LogP contribution in [0.5, 0.6) is 0 Å². The molecule has 1 aromatic heterocycles. The van der Waals surface area contributed by atoms with Crippen molar-refractivity contribution in [1.29, 1.82) is 5.26 Å². The van der Waals surface area contributed by atoms with Gasteiger partial charge < -0.3 is 4.90 Å². The van der Waals surface area contributed by atoms with E-state index in [1.807, 2.05) is 23.5 Å². The zero-order valence-electron chi connectivity index (χ0n) is 10.6. The van der Waals surface area contributed by atoms with Crippen molar-refractivity contribution in [2.24, 2.45) is 0 Å². The summed E-state index contributed by atoms with van der Waals surface area (Å²) in [6, 6.07) is 10.7. The largest absolute Gasteiger partial charge is 0.364 e. The third-order valence-electron chi connectivity index (χ3n) is 3.62. The summed E-state index contributed by atoms with van der Waals surface area (Å²) >= 11 is 5.34. The standard InChI is InChI=1S/C15H13BrN2S/c1-10-14-3-5-19-15(14)2-4-18(10)13-7-11(9-17)6-12(16)8-13/h3,5-8,10H,2,4H2,1H3. The van der Waals surface area contributed by atoms with Crippen LogP contribution in [-0.4, -0.2) is 6.54 Å². The van der Waals surface area contributed by atoms with Crippen molar-refractivity contribution in [2.45, 2.75) is 19.4 Å². The minimum atomic E-state index is 0.371. The molecule has 0 bridgehead atoms. The van der Waals surface area contributed by atoms with Crippen molar-refractivity contribution in [3.8, 4) is 6.07 Å². The minimum Gasteiger partial charge on any atom is -0.364 e. The summed E-state index contributed by atoms with van der Waals surface area (Å²) in [5.74, 6) is 0. The topological polar surface area (TPSA) is 27.0 Å². The Kier molecular flexibility index (Phi) is 3.34. The van der Waals surface area contributed by atoms with E-state index in [4.69, 9.17) is 5.26 Å². The molecule has 1 aromatic carbocycles. The Morgan fingerprint density at radius 1 is 1.42 bits per heavy atom. The molecule has 1 aliphatic rings. The number of hydrogen-bond donors (Lipinski definition) is 0. The molecule has 0 saturated heterocycles. The summed E-state index contributed by atoms with van der Waals surface area (Å²) < 4.78 is 0.963. The first-order chi connectivity index (χ1) is 9.19. The van der Waals surface area contributed by atoms with Crippen molar-refractivity contribution < 1.29 is 0 Å². The van der Waals surface area contributed by atoms with E-state index in [-0.39, 0.29) is 0 Å². The molecule has 96 valence electrons. The fourth-order valence-electron chi connectivity index (χ4n) is 2.67. The zero-order chi connectivity index (χ0) is 13.4. The highest BCUT2D eigenvalue weighted by Crippen LogP contribution is 2.37. The van der Waals surface area contributed by atoms with Gasteiger partial charge in [-0.1, -0.05) is 15.9 Å². The maximum atomic E-state index is 9.09. The van der Waals surface area contributed by atoms with E-state index in [2.05, 4.69) is 51.3 Å². The number of halogens is 1. The Labute approximate surface area is 125 Å². The van der Waals surface area contributed by atoms with Gasteiger partial charge in [0.2, 0.25) is 0 Å². The van der Waals surface area contributed by atoms with Gasteiger partial charge in [-0.05, 0) is 48.6 Å². The van der Waals surface area contributed by atoms with Gasteiger partial charge >= 0.3 is 0 Å². The molecule has 0 fully saturated rings. The van der Waals surface area contributed by atoms with Gasteiger partial charge in [-0.2, -0.15) is 5.26 Å². The van der Waals surface area contributed by atoms with Crippen molar-refractivity contribution in [2.75, 3.05) is 11.4 Å². The molecule has 0 aliphatic carbocycles. The number of nitrogens with zero attached hydrogens (tertiary/aromatic N) is 2. The normalized spacial score (nSPS) is 17.9. The Morgan fingerprint density at radius 3 is 3.05 bits per heavy atom. The highest BCUT2D eigenvalue weighted by atomic mass is 79.9. The molecule has 2 aromatic rings. The van der Waals surface area contributed by atoms with Gasteiger partial charge in [0.1, 0.15) is 0 Å². The summed E-state index contributed by atoms with van der Waals surface area (Å²) in [6.45, 7) is 3.24. The number of rotatable bonds is 1. The Bertz CT molecular complexity index is 656. The van der Waals surface area contributed by atoms with Crippen LogP contribution in [0.3, 0.4) is 0 Å². The first-order valence-corrected chi connectivity index (χ1v) is 7.90. The highest BCUT2D eigenvalue weighted by molar-refractivity contribution is 9.10. The van der Waals surface area contributed by atoms with E-state index < -0.39 is 0 Å². The van der Waals surface area contributed by atoms with Crippen LogP contribution in [0.2, 0.25) is 0 Å². The molecule has 0 spiro atoms. The van der Waals surface area contributed by atoms with Gasteiger partial charge in [0.05, 0.1) is 17.7 Å². The second-order valence-corrected chi connectivity index (χ2v) is 6.64. The van der Waals surface area contributed by atoms with Gasteiger partial charge in [-0.3, -0.25) is 0 Å². The molecular formula is C15H13BrN2S. The molecular weight excluding hydrogens is 320 g/mol. The monoisotopic (exact) mass is 332 g/mol. The number of nitriles is 1. The van der Waals surface area contributed by atoms with Crippen molar-refractivity contribution in [3.05, 3.63) is 50.1 Å². The molecule has 1 atom stereocenters. The molecule has 0 amide bonds. The maximum Gasteiger partial charge on any atom is 0.0992 e. The van der Waals surface area contributed by atoms with Crippen LogP contribution in [0.15, 0.2) is 34.1 Å². The number of hydrogen-bond acceptors (Lipinski definition) is 3. The molecule has 19 heavy (non-hydrogen) atoms. The smallest absolute Gasteiger partial charge is 0.0992 e. The third kappa shape index (κ3) is 2.29. The van der Waals surface area contributed by atoms with E-state index in [9.17, 15) is 0 Å². The molecule has 4 heteroatoms. The highest BCUT2D eigenvalue weighted by Gasteiger charge is 2.25. The van der Waals surface area contributed by atoms with Crippen molar-refractivity contribution in [1.82, 2.24) is 0 Å². The predicted octanol–water partition coefficient (Wildman–Crippen LogP) is 4.51. The molecule has 2 nitrogen and oxygen atoms in total. The van der Waals surface area contributed by atoms with Gasteiger partial charge in [-0.25, -0.2) is 0 Å². The van der Waals surface area contributed by atoms with E-state index in [0.29, 0.717) is 11.6 Å². The quantitative estimate of drug-likeness (QED) is 0.768. The second-order valence-electron chi connectivity index (χ2n) is 4.73. The molecule has 2 heterocycles. The number of fused-ring (bicyclic) bond motifs is 1. The predicted molar refractivity (Wildman–Crippen MR) is 82.6 cm³/mol. The molecule has 0 saturated carbocycles. The SMILES string of the molecule is CC1c2ccsc2CCN1c1cc(Br)cc(C#N)c1. The first-order valence-electron chi connectivity index (χ1n) is 6.22. The molecule has 1 unspecified atom stereocenters. The van der Waals surface area contributed by atoms with Crippen LogP contribution >= 0.6 is 27.3 Å². The maximum absolute atomic E-state index is 9.09. The van der Waals surface area contributed by atoms with Gasteiger partial charge in [0.25, 0.3) is 0 Å². The fourth-order valence-corrected chi connectivity index (χ4v) is 4.11. The number of benzene rings is 1. The Balaban J connectivity index is 2.00. The lowest BCUT2D eigenvalue weighted by Gasteiger charge is -2.35. The lowest BCUT2D eigenvalue weighted by atomic mass is 10.0. The first kappa shape index (κ1) is 12.7. The van der Waals surface area contributed by atoms with E-state index >= 15 is 0 Å². The van der Waals surface area contributed by atoms with Crippen molar-refractivity contribution >= 4 is 33.0 Å². The van der Waals surface area contributed by atoms with Crippen LogP contribution in [0.25, 0.3) is 0 Å². The Hall–Kier alpha value is -1.31. The fraction of sp³-hybridized carbons (Fsp3) is 0.267. The van der Waals surface area contributed by atoms with Gasteiger partial charge in [-0.15, -0.1) is 11.3 Å². The summed E-state index contributed by atoms with van der Waals surface area (Å²) in [6.07, 6.45) is 1.09. The van der Waals surface area contributed by atoms with Crippen LogP contribution in [0.1, 0.15) is 29.0 Å². The van der Waals surface area contributed by atoms with Crippen LogP contribution in [0, 0.1) is 11.3 Å². The molecule has 0 radical (unpaired) electrons. The lowest BCUT2D eigenvalue weighted by Crippen LogP contribution is -2.33. The summed E-state index contributed by atoms with van der Waals surface area (Å²) in [5.41, 5.74) is 3.25. The average Bonchev–Trinajstić information content (AvgIpc) is 2.87. The molecule has 1 aliphatic heterocycles. The molecule has 0 N–H and O–H groups in total. The summed E-state index contributed by atoms with van der Waals surface area (Å²) in [7, 11) is 0. The minimum absolute atomic E-state index is 0.371. The van der Waals surface area contributed by atoms with E-state index in [1.54, 1.807) is 0 Å². The van der Waals surface area contributed by atoms with Crippen LogP contribution < -0.4 is 4.90 Å². The number of thiophene rings is 1. The summed E-state index contributed by atoms with van der Waals surface area (Å²) in [4.78, 5) is 3.87. The van der Waals surface area contributed by atoms with Gasteiger partial charge in [0, 0.05) is 21.6 Å². The van der Waals surface area contributed by atoms with Crippen LogP contribution in [0.4, 0.5) is 5.69 Å². The van der Waals surface area contributed by atoms with E-state index in [0.717, 1.165) is 23.1 Å². The average molecular weight is 333 g/mol. The Morgan fingerprint density at radius 2 is 2.26 bits per heavy atom. The summed E-state index contributed by atoms with van der Waals surface area (Å²) in [5, 5.41) is 11.3.